The number of allylic oxidation sites excluding steroid dienone is 3. The Balaban J connectivity index is 2.69. The Morgan fingerprint density at radius 3 is 2.52 bits per heavy atom. The summed E-state index contributed by atoms with van der Waals surface area (Å²) < 4.78 is 0. The lowest BCUT2D eigenvalue weighted by Crippen LogP contribution is -1.96. The Kier molecular flexibility index (Phi) is 4.72. The van der Waals surface area contributed by atoms with Gasteiger partial charge in [0.25, 0.3) is 0 Å². The van der Waals surface area contributed by atoms with E-state index in [1.54, 1.807) is 0 Å². The lowest BCUT2D eigenvalue weighted by atomic mass is 9.88. The molecule has 0 saturated carbocycles. The summed E-state index contributed by atoms with van der Waals surface area (Å²) in [6.07, 6.45) is 5.33. The van der Waals surface area contributed by atoms with Crippen LogP contribution in [0.25, 0.3) is 16.5 Å². The van der Waals surface area contributed by atoms with Crippen molar-refractivity contribution in [1.82, 2.24) is 4.98 Å². The Morgan fingerprint density at radius 1 is 1.19 bits per heavy atom. The number of hydrogen-bond acceptors (Lipinski definition) is 0. The molecular weight excluding hydrogens is 254 g/mol. The Bertz CT molecular complexity index is 698. The highest BCUT2D eigenvalue weighted by atomic mass is 14.7. The van der Waals surface area contributed by atoms with Crippen LogP contribution >= 0.6 is 0 Å². The molecule has 0 spiro atoms. The second-order valence-corrected chi connectivity index (χ2v) is 5.96. The van der Waals surface area contributed by atoms with E-state index in [9.17, 15) is 0 Å². The van der Waals surface area contributed by atoms with Gasteiger partial charge in [-0.1, -0.05) is 38.5 Å². The van der Waals surface area contributed by atoms with Crippen LogP contribution in [0.15, 0.2) is 36.1 Å². The number of benzene rings is 1. The topological polar surface area (TPSA) is 15.8 Å². The van der Waals surface area contributed by atoms with Crippen LogP contribution in [0.1, 0.15) is 56.7 Å². The van der Waals surface area contributed by atoms with Gasteiger partial charge in [0.2, 0.25) is 0 Å². The number of aryl methyl sites for hydroxylation is 2. The van der Waals surface area contributed by atoms with Crippen molar-refractivity contribution in [2.24, 2.45) is 0 Å². The molecule has 0 aliphatic carbocycles. The molecule has 0 bridgehead atoms. The summed E-state index contributed by atoms with van der Waals surface area (Å²) >= 11 is 0. The van der Waals surface area contributed by atoms with Gasteiger partial charge in [-0.25, -0.2) is 0 Å². The van der Waals surface area contributed by atoms with E-state index < -0.39 is 0 Å². The maximum absolute atomic E-state index is 4.31. The van der Waals surface area contributed by atoms with E-state index in [-0.39, 0.29) is 0 Å². The minimum Gasteiger partial charge on any atom is -0.361 e. The lowest BCUT2D eigenvalue weighted by molar-refractivity contribution is 0.898. The highest BCUT2D eigenvalue weighted by molar-refractivity contribution is 5.96. The monoisotopic (exact) mass is 281 g/mol. The molecular formula is C20H27N. The molecule has 1 aromatic carbocycles. The second kappa shape index (κ2) is 6.34. The summed E-state index contributed by atoms with van der Waals surface area (Å²) in [6, 6.07) is 4.48. The largest absolute Gasteiger partial charge is 0.361 e. The SMILES string of the molecule is C=C(CCC)/C(CC)=C(\C)c1c(C)cc(C)c2[nH]ccc12. The molecule has 1 heteroatoms. The van der Waals surface area contributed by atoms with E-state index in [1.165, 1.54) is 44.3 Å². The van der Waals surface area contributed by atoms with E-state index >= 15 is 0 Å². The van der Waals surface area contributed by atoms with Crippen LogP contribution in [-0.2, 0) is 0 Å². The molecule has 0 aliphatic rings. The summed E-state index contributed by atoms with van der Waals surface area (Å²) in [7, 11) is 0. The van der Waals surface area contributed by atoms with Crippen molar-refractivity contribution in [2.75, 3.05) is 0 Å². The van der Waals surface area contributed by atoms with Crippen molar-refractivity contribution >= 4 is 16.5 Å². The van der Waals surface area contributed by atoms with Crippen molar-refractivity contribution in [3.63, 3.8) is 0 Å². The van der Waals surface area contributed by atoms with Gasteiger partial charge in [0.05, 0.1) is 0 Å². The molecule has 0 atom stereocenters. The fourth-order valence-corrected chi connectivity index (χ4v) is 3.47. The van der Waals surface area contributed by atoms with Crippen molar-refractivity contribution in [2.45, 2.75) is 53.9 Å². The number of nitrogens with one attached hydrogen (secondary N) is 1. The Morgan fingerprint density at radius 2 is 1.90 bits per heavy atom. The highest BCUT2D eigenvalue weighted by Gasteiger charge is 2.14. The number of rotatable bonds is 5. The summed E-state index contributed by atoms with van der Waals surface area (Å²) in [4.78, 5) is 3.38. The van der Waals surface area contributed by atoms with Crippen LogP contribution in [0.5, 0.6) is 0 Å². The van der Waals surface area contributed by atoms with Gasteiger partial charge in [-0.05, 0) is 67.5 Å². The van der Waals surface area contributed by atoms with Crippen molar-refractivity contribution in [1.29, 1.82) is 0 Å². The molecule has 21 heavy (non-hydrogen) atoms. The molecule has 1 nitrogen and oxygen atoms in total. The molecule has 0 unspecified atom stereocenters. The fourth-order valence-electron chi connectivity index (χ4n) is 3.47. The van der Waals surface area contributed by atoms with E-state index in [2.05, 4.69) is 58.3 Å². The molecule has 2 rings (SSSR count). The zero-order chi connectivity index (χ0) is 15.6. The number of aromatic nitrogens is 1. The first kappa shape index (κ1) is 15.6. The smallest absolute Gasteiger partial charge is 0.0489 e. The van der Waals surface area contributed by atoms with Gasteiger partial charge >= 0.3 is 0 Å². The summed E-state index contributed by atoms with van der Waals surface area (Å²) in [5, 5.41) is 1.33. The third-order valence-electron chi connectivity index (χ3n) is 4.40. The Labute approximate surface area is 128 Å². The zero-order valence-electron chi connectivity index (χ0n) is 14.1. The van der Waals surface area contributed by atoms with E-state index in [1.807, 2.05) is 6.20 Å². The molecule has 0 saturated heterocycles. The van der Waals surface area contributed by atoms with Crippen LogP contribution in [0, 0.1) is 13.8 Å². The molecule has 0 radical (unpaired) electrons. The van der Waals surface area contributed by atoms with E-state index in [4.69, 9.17) is 0 Å². The van der Waals surface area contributed by atoms with Gasteiger partial charge < -0.3 is 4.98 Å². The average molecular weight is 281 g/mol. The quantitative estimate of drug-likeness (QED) is 0.617. The first-order chi connectivity index (χ1) is 10.0. The van der Waals surface area contributed by atoms with Crippen LogP contribution in [0.2, 0.25) is 0 Å². The number of fused-ring (bicyclic) bond motifs is 1. The average Bonchev–Trinajstić information content (AvgIpc) is 2.89. The number of hydrogen-bond donors (Lipinski definition) is 1. The standard InChI is InChI=1S/C20H27N/c1-7-9-13(3)17(8-2)16(6)19-14(4)12-15(5)20-18(19)10-11-21-20/h10-12,21H,3,7-9H2,1-2,4-6H3/b17-16+. The minimum absolute atomic E-state index is 1.05. The molecule has 112 valence electrons. The molecule has 0 amide bonds. The molecule has 0 fully saturated rings. The summed E-state index contributed by atoms with van der Waals surface area (Å²) in [6.45, 7) is 15.4. The van der Waals surface area contributed by atoms with Gasteiger partial charge in [0.1, 0.15) is 0 Å². The molecule has 1 heterocycles. The highest BCUT2D eigenvalue weighted by Crippen LogP contribution is 2.35. The summed E-state index contributed by atoms with van der Waals surface area (Å²) in [5.74, 6) is 0. The van der Waals surface area contributed by atoms with Crippen LogP contribution in [0.3, 0.4) is 0 Å². The summed E-state index contributed by atoms with van der Waals surface area (Å²) in [5.41, 5.74) is 9.41. The third kappa shape index (κ3) is 2.83. The predicted octanol–water partition coefficient (Wildman–Crippen LogP) is 6.32. The predicted molar refractivity (Wildman–Crippen MR) is 94.7 cm³/mol. The first-order valence-electron chi connectivity index (χ1n) is 7.96. The number of H-pyrrole nitrogens is 1. The van der Waals surface area contributed by atoms with Crippen molar-refractivity contribution < 1.29 is 0 Å². The van der Waals surface area contributed by atoms with Gasteiger partial charge in [-0.2, -0.15) is 0 Å². The first-order valence-corrected chi connectivity index (χ1v) is 7.96. The van der Waals surface area contributed by atoms with Crippen LogP contribution in [0.4, 0.5) is 0 Å². The zero-order valence-corrected chi connectivity index (χ0v) is 14.1. The van der Waals surface area contributed by atoms with Crippen molar-refractivity contribution in [3.05, 3.63) is 52.7 Å². The fraction of sp³-hybridized carbons (Fsp3) is 0.400. The molecule has 2 aromatic rings. The van der Waals surface area contributed by atoms with Crippen LogP contribution < -0.4 is 0 Å². The Hall–Kier alpha value is -1.76. The number of aromatic amines is 1. The van der Waals surface area contributed by atoms with Gasteiger partial charge in [-0.3, -0.25) is 0 Å². The van der Waals surface area contributed by atoms with Crippen molar-refractivity contribution in [3.8, 4) is 0 Å². The molecule has 0 aliphatic heterocycles. The van der Waals surface area contributed by atoms with Gasteiger partial charge in [0.15, 0.2) is 0 Å². The van der Waals surface area contributed by atoms with E-state index in [0.29, 0.717) is 0 Å². The molecule has 1 aromatic heterocycles. The minimum atomic E-state index is 1.05. The normalized spacial score (nSPS) is 12.6. The maximum atomic E-state index is 4.31. The lowest BCUT2D eigenvalue weighted by Gasteiger charge is -2.17. The molecule has 1 N–H and O–H groups in total. The van der Waals surface area contributed by atoms with Gasteiger partial charge in [-0.15, -0.1) is 0 Å². The second-order valence-electron chi connectivity index (χ2n) is 5.96. The van der Waals surface area contributed by atoms with Crippen LogP contribution in [-0.4, -0.2) is 4.98 Å². The van der Waals surface area contributed by atoms with E-state index in [0.717, 1.165) is 19.3 Å². The third-order valence-corrected chi connectivity index (χ3v) is 4.40. The maximum Gasteiger partial charge on any atom is 0.0489 e. The van der Waals surface area contributed by atoms with Gasteiger partial charge in [0, 0.05) is 17.1 Å².